The highest BCUT2D eigenvalue weighted by atomic mass is 32.1. The normalized spacial score (nSPS) is 10.5. The Kier molecular flexibility index (Phi) is 6.53. The highest BCUT2D eigenvalue weighted by Crippen LogP contribution is 2.31. The summed E-state index contributed by atoms with van der Waals surface area (Å²) >= 11 is 1.02. The molecule has 3 rings (SSSR count). The number of esters is 1. The molecule has 0 unspecified atom stereocenters. The van der Waals surface area contributed by atoms with E-state index >= 15 is 0 Å². The molecule has 0 N–H and O–H groups in total. The first-order chi connectivity index (χ1) is 14.4. The van der Waals surface area contributed by atoms with Gasteiger partial charge in [-0.1, -0.05) is 53.8 Å². The van der Waals surface area contributed by atoms with Crippen LogP contribution in [0.2, 0.25) is 0 Å². The minimum absolute atomic E-state index is 0.0519. The molecule has 3 aromatic rings. The van der Waals surface area contributed by atoms with Crippen LogP contribution in [-0.4, -0.2) is 28.4 Å². The summed E-state index contributed by atoms with van der Waals surface area (Å²) < 4.78 is 5.05. The van der Waals surface area contributed by atoms with Crippen LogP contribution in [0.25, 0.3) is 0 Å². The summed E-state index contributed by atoms with van der Waals surface area (Å²) in [6, 6.07) is 15.0. The lowest BCUT2D eigenvalue weighted by Crippen LogP contribution is -2.31. The van der Waals surface area contributed by atoms with Gasteiger partial charge in [0.15, 0.2) is 5.13 Å². The van der Waals surface area contributed by atoms with E-state index in [9.17, 15) is 19.7 Å². The predicted molar refractivity (Wildman–Crippen MR) is 113 cm³/mol. The van der Waals surface area contributed by atoms with Crippen LogP contribution in [0.3, 0.4) is 0 Å². The Hall–Kier alpha value is -3.59. The second kappa shape index (κ2) is 9.27. The van der Waals surface area contributed by atoms with Gasteiger partial charge in [-0.2, -0.15) is 0 Å². The highest BCUT2D eigenvalue weighted by molar-refractivity contribution is 7.17. The number of rotatable bonds is 7. The molecule has 0 fully saturated rings. The van der Waals surface area contributed by atoms with Crippen LogP contribution >= 0.6 is 11.3 Å². The van der Waals surface area contributed by atoms with Gasteiger partial charge in [-0.05, 0) is 25.5 Å². The molecule has 0 saturated heterocycles. The third kappa shape index (κ3) is 4.52. The van der Waals surface area contributed by atoms with Gasteiger partial charge in [0, 0.05) is 6.07 Å². The van der Waals surface area contributed by atoms with Gasteiger partial charge >= 0.3 is 5.97 Å². The van der Waals surface area contributed by atoms with Gasteiger partial charge < -0.3 is 4.74 Å². The van der Waals surface area contributed by atoms with E-state index in [4.69, 9.17) is 4.74 Å². The summed E-state index contributed by atoms with van der Waals surface area (Å²) in [5.41, 5.74) is 0.903. The minimum atomic E-state index is -0.592. The zero-order valence-corrected chi connectivity index (χ0v) is 17.2. The number of nitro groups is 1. The van der Waals surface area contributed by atoms with Crippen LogP contribution in [0.15, 0.2) is 54.6 Å². The van der Waals surface area contributed by atoms with Gasteiger partial charge in [0.05, 0.1) is 23.8 Å². The van der Waals surface area contributed by atoms with E-state index in [1.54, 1.807) is 19.9 Å². The van der Waals surface area contributed by atoms with Gasteiger partial charge in [0.2, 0.25) is 0 Å². The minimum Gasteiger partial charge on any atom is -0.462 e. The molecule has 9 heteroatoms. The monoisotopic (exact) mass is 425 g/mol. The summed E-state index contributed by atoms with van der Waals surface area (Å²) in [6.07, 6.45) is 0. The highest BCUT2D eigenvalue weighted by Gasteiger charge is 2.29. The number of nitro benzene ring substituents is 1. The quantitative estimate of drug-likeness (QED) is 0.316. The van der Waals surface area contributed by atoms with Crippen molar-refractivity contribution in [2.75, 3.05) is 11.5 Å². The number of benzene rings is 2. The Labute approximate surface area is 176 Å². The first-order valence-electron chi connectivity index (χ1n) is 9.16. The first-order valence-corrected chi connectivity index (χ1v) is 9.97. The van der Waals surface area contributed by atoms with Gasteiger partial charge in [-0.25, -0.2) is 9.78 Å². The molecule has 0 radical (unpaired) electrons. The van der Waals surface area contributed by atoms with Gasteiger partial charge in [-0.3, -0.25) is 19.8 Å². The zero-order valence-electron chi connectivity index (χ0n) is 16.4. The topological polar surface area (TPSA) is 103 Å². The summed E-state index contributed by atoms with van der Waals surface area (Å²) in [5.74, 6) is -1.09. The van der Waals surface area contributed by atoms with Crippen LogP contribution < -0.4 is 4.90 Å². The molecule has 8 nitrogen and oxygen atoms in total. The third-order valence-electron chi connectivity index (χ3n) is 4.24. The molecule has 0 aliphatic carbocycles. The number of para-hydroxylation sites is 1. The van der Waals surface area contributed by atoms with Crippen molar-refractivity contribution in [2.24, 2.45) is 0 Å². The summed E-state index contributed by atoms with van der Waals surface area (Å²) in [4.78, 5) is 42.4. The molecule has 0 bridgehead atoms. The second-order valence-corrected chi connectivity index (χ2v) is 7.26. The Bertz CT molecular complexity index is 1080. The molecule has 154 valence electrons. The molecule has 1 heterocycles. The maximum Gasteiger partial charge on any atom is 0.350 e. The Morgan fingerprint density at radius 3 is 2.47 bits per heavy atom. The lowest BCUT2D eigenvalue weighted by molar-refractivity contribution is -0.385. The fraction of sp³-hybridized carbons (Fsp3) is 0.190. The SMILES string of the molecule is CCOC(=O)c1sc(N(Cc2ccccc2)C(=O)c2ccccc2[N+](=O)[O-])nc1C. The van der Waals surface area contributed by atoms with Crippen molar-refractivity contribution in [1.82, 2.24) is 4.98 Å². The molecule has 30 heavy (non-hydrogen) atoms. The van der Waals surface area contributed by atoms with Gasteiger partial charge in [-0.15, -0.1) is 0 Å². The average molecular weight is 425 g/mol. The van der Waals surface area contributed by atoms with Crippen LogP contribution in [0, 0.1) is 17.0 Å². The van der Waals surface area contributed by atoms with Crippen molar-refractivity contribution >= 4 is 34.0 Å². The third-order valence-corrected chi connectivity index (χ3v) is 5.40. The van der Waals surface area contributed by atoms with E-state index in [2.05, 4.69) is 4.98 Å². The smallest absolute Gasteiger partial charge is 0.350 e. The molecule has 0 saturated carbocycles. The molecule has 0 aliphatic rings. The molecular formula is C21H19N3O5S. The predicted octanol–water partition coefficient (Wildman–Crippen LogP) is 4.38. The zero-order chi connectivity index (χ0) is 21.7. The van der Waals surface area contributed by atoms with Crippen LogP contribution in [0.1, 0.15) is 38.2 Å². The van der Waals surface area contributed by atoms with Gasteiger partial charge in [0.1, 0.15) is 10.4 Å². The summed E-state index contributed by atoms with van der Waals surface area (Å²) in [5, 5.41) is 11.7. The number of anilines is 1. The van der Waals surface area contributed by atoms with Crippen LogP contribution in [-0.2, 0) is 11.3 Å². The molecule has 2 aromatic carbocycles. The Morgan fingerprint density at radius 1 is 1.13 bits per heavy atom. The second-order valence-electron chi connectivity index (χ2n) is 6.28. The summed E-state index contributed by atoms with van der Waals surface area (Å²) in [7, 11) is 0. The van der Waals surface area contributed by atoms with Crippen LogP contribution in [0.4, 0.5) is 10.8 Å². The number of hydrogen-bond acceptors (Lipinski definition) is 7. The number of hydrogen-bond donors (Lipinski definition) is 0. The Balaban J connectivity index is 2.06. The fourth-order valence-corrected chi connectivity index (χ4v) is 3.79. The van der Waals surface area contributed by atoms with Crippen molar-refractivity contribution in [3.63, 3.8) is 0 Å². The maximum absolute atomic E-state index is 13.4. The fourth-order valence-electron chi connectivity index (χ4n) is 2.84. The lowest BCUT2D eigenvalue weighted by Gasteiger charge is -2.20. The summed E-state index contributed by atoms with van der Waals surface area (Å²) in [6.45, 7) is 3.71. The average Bonchev–Trinajstić information content (AvgIpc) is 3.14. The molecular weight excluding hydrogens is 406 g/mol. The lowest BCUT2D eigenvalue weighted by atomic mass is 10.1. The number of nitrogens with zero attached hydrogens (tertiary/aromatic N) is 3. The van der Waals surface area contributed by atoms with Crippen molar-refractivity contribution in [3.8, 4) is 0 Å². The molecule has 0 atom stereocenters. The standard InChI is InChI=1S/C21H19N3O5S/c1-3-29-20(26)18-14(2)22-21(30-18)23(13-15-9-5-4-6-10-15)19(25)16-11-7-8-12-17(16)24(27)28/h4-12H,3,13H2,1-2H3. The number of amides is 1. The van der Waals surface area contributed by atoms with Crippen molar-refractivity contribution < 1.29 is 19.2 Å². The number of carbonyl (C=O) groups is 2. The van der Waals surface area contributed by atoms with E-state index in [1.807, 2.05) is 30.3 Å². The number of thiazole rings is 1. The van der Waals surface area contributed by atoms with Gasteiger partial charge in [0.25, 0.3) is 11.6 Å². The number of ether oxygens (including phenoxy) is 1. The first kappa shape index (κ1) is 21.1. The van der Waals surface area contributed by atoms with Crippen LogP contribution in [0.5, 0.6) is 0 Å². The van der Waals surface area contributed by atoms with E-state index in [0.717, 1.165) is 16.9 Å². The van der Waals surface area contributed by atoms with Crippen molar-refractivity contribution in [1.29, 1.82) is 0 Å². The maximum atomic E-state index is 13.4. The molecule has 1 aromatic heterocycles. The number of aromatic nitrogens is 1. The number of carbonyl (C=O) groups excluding carboxylic acids is 2. The molecule has 0 aliphatic heterocycles. The van der Waals surface area contributed by atoms with Crippen molar-refractivity contribution in [3.05, 3.63) is 86.4 Å². The van der Waals surface area contributed by atoms with E-state index in [0.29, 0.717) is 10.6 Å². The van der Waals surface area contributed by atoms with E-state index in [1.165, 1.54) is 23.1 Å². The van der Waals surface area contributed by atoms with E-state index < -0.39 is 16.8 Å². The van der Waals surface area contributed by atoms with E-state index in [-0.39, 0.29) is 29.5 Å². The Morgan fingerprint density at radius 2 is 1.80 bits per heavy atom. The molecule has 1 amide bonds. The number of aryl methyl sites for hydroxylation is 1. The van der Waals surface area contributed by atoms with Crippen molar-refractivity contribution in [2.45, 2.75) is 20.4 Å². The molecule has 0 spiro atoms. The largest absolute Gasteiger partial charge is 0.462 e.